The molecule has 5 heteroatoms. The first-order valence-corrected chi connectivity index (χ1v) is 8.92. The van der Waals surface area contributed by atoms with Gasteiger partial charge in [-0.3, -0.25) is 4.99 Å². The van der Waals surface area contributed by atoms with Gasteiger partial charge in [-0.05, 0) is 47.5 Å². The molecule has 0 fully saturated rings. The number of phenols is 1. The number of methoxy groups -OCH3 is 1. The van der Waals surface area contributed by atoms with Crippen molar-refractivity contribution in [2.45, 2.75) is 19.5 Å². The standard InChI is InChI=1S/C22H25N3O2/c1-15(17-9-8-16-6-4-5-7-18(16)12-17)25-22(23-2)24-14-19-13-20(27-3)10-11-21(19)26/h4-13,15,26H,14H2,1-3H3,(H2,23,24,25). The molecule has 0 amide bonds. The second-order valence-electron chi connectivity index (χ2n) is 6.39. The molecule has 0 aromatic heterocycles. The maximum atomic E-state index is 10.0. The summed E-state index contributed by atoms with van der Waals surface area (Å²) in [5, 5.41) is 19.1. The molecule has 3 rings (SSSR count). The van der Waals surface area contributed by atoms with Gasteiger partial charge in [0, 0.05) is 19.2 Å². The number of guanidine groups is 1. The lowest BCUT2D eigenvalue weighted by molar-refractivity contribution is 0.410. The van der Waals surface area contributed by atoms with Crippen LogP contribution in [0.3, 0.4) is 0 Å². The van der Waals surface area contributed by atoms with Crippen LogP contribution in [0.25, 0.3) is 10.8 Å². The van der Waals surface area contributed by atoms with Gasteiger partial charge in [0.25, 0.3) is 0 Å². The summed E-state index contributed by atoms with van der Waals surface area (Å²) < 4.78 is 5.22. The Labute approximate surface area is 159 Å². The van der Waals surface area contributed by atoms with E-state index in [0.29, 0.717) is 18.3 Å². The monoisotopic (exact) mass is 363 g/mol. The van der Waals surface area contributed by atoms with Crippen molar-refractivity contribution in [3.63, 3.8) is 0 Å². The van der Waals surface area contributed by atoms with Gasteiger partial charge in [-0.15, -0.1) is 0 Å². The van der Waals surface area contributed by atoms with E-state index in [0.717, 1.165) is 5.56 Å². The predicted octanol–water partition coefficient (Wildman–Crippen LogP) is 3.98. The molecule has 0 bridgehead atoms. The summed E-state index contributed by atoms with van der Waals surface area (Å²) >= 11 is 0. The van der Waals surface area contributed by atoms with Crippen molar-refractivity contribution in [3.05, 3.63) is 71.8 Å². The number of hydrogen-bond donors (Lipinski definition) is 3. The highest BCUT2D eigenvalue weighted by atomic mass is 16.5. The molecule has 0 aliphatic rings. The summed E-state index contributed by atoms with van der Waals surface area (Å²) in [5.74, 6) is 1.59. The van der Waals surface area contributed by atoms with E-state index in [1.54, 1.807) is 26.3 Å². The topological polar surface area (TPSA) is 65.9 Å². The Kier molecular flexibility index (Phi) is 5.81. The first-order valence-electron chi connectivity index (χ1n) is 8.92. The van der Waals surface area contributed by atoms with Crippen molar-refractivity contribution in [1.29, 1.82) is 0 Å². The number of aliphatic imine (C=N–C) groups is 1. The molecule has 0 aliphatic carbocycles. The van der Waals surface area contributed by atoms with Crippen LogP contribution in [0.1, 0.15) is 24.1 Å². The smallest absolute Gasteiger partial charge is 0.191 e. The van der Waals surface area contributed by atoms with E-state index >= 15 is 0 Å². The molecule has 0 saturated heterocycles. The quantitative estimate of drug-likeness (QED) is 0.474. The summed E-state index contributed by atoms with van der Waals surface area (Å²) in [4.78, 5) is 4.28. The van der Waals surface area contributed by atoms with Gasteiger partial charge in [0.05, 0.1) is 13.2 Å². The Hall–Kier alpha value is -3.21. The largest absolute Gasteiger partial charge is 0.508 e. The van der Waals surface area contributed by atoms with E-state index in [-0.39, 0.29) is 11.8 Å². The molecule has 0 heterocycles. The normalized spacial score (nSPS) is 12.6. The molecule has 1 unspecified atom stereocenters. The number of fused-ring (bicyclic) bond motifs is 1. The molecular weight excluding hydrogens is 338 g/mol. The number of nitrogens with one attached hydrogen (secondary N) is 2. The first-order chi connectivity index (χ1) is 13.1. The Morgan fingerprint density at radius 3 is 2.59 bits per heavy atom. The fourth-order valence-electron chi connectivity index (χ4n) is 2.97. The first kappa shape index (κ1) is 18.6. The zero-order chi connectivity index (χ0) is 19.2. The minimum atomic E-state index is 0.0831. The molecule has 3 N–H and O–H groups in total. The van der Waals surface area contributed by atoms with Crippen LogP contribution >= 0.6 is 0 Å². The average molecular weight is 363 g/mol. The van der Waals surface area contributed by atoms with Crippen LogP contribution in [0.5, 0.6) is 11.5 Å². The summed E-state index contributed by atoms with van der Waals surface area (Å²) in [7, 11) is 3.34. The lowest BCUT2D eigenvalue weighted by atomic mass is 10.0. The average Bonchev–Trinajstić information content (AvgIpc) is 2.71. The summed E-state index contributed by atoms with van der Waals surface area (Å²) in [6.07, 6.45) is 0. The van der Waals surface area contributed by atoms with E-state index in [1.807, 2.05) is 18.2 Å². The van der Waals surface area contributed by atoms with Crippen molar-refractivity contribution in [2.24, 2.45) is 4.99 Å². The lowest BCUT2D eigenvalue weighted by Gasteiger charge is -2.19. The summed E-state index contributed by atoms with van der Waals surface area (Å²) in [6, 6.07) is 20.0. The Balaban J connectivity index is 1.67. The molecule has 0 spiro atoms. The Morgan fingerprint density at radius 1 is 1.07 bits per heavy atom. The van der Waals surface area contributed by atoms with E-state index < -0.39 is 0 Å². The van der Waals surface area contributed by atoms with Crippen molar-refractivity contribution in [3.8, 4) is 11.5 Å². The van der Waals surface area contributed by atoms with Crippen LogP contribution in [0.15, 0.2) is 65.7 Å². The number of benzene rings is 3. The van der Waals surface area contributed by atoms with E-state index in [1.165, 1.54) is 16.3 Å². The van der Waals surface area contributed by atoms with Crippen LogP contribution in [-0.4, -0.2) is 25.2 Å². The van der Waals surface area contributed by atoms with Gasteiger partial charge in [-0.2, -0.15) is 0 Å². The zero-order valence-corrected chi connectivity index (χ0v) is 15.9. The lowest BCUT2D eigenvalue weighted by Crippen LogP contribution is -2.38. The van der Waals surface area contributed by atoms with Gasteiger partial charge in [-0.25, -0.2) is 0 Å². The minimum Gasteiger partial charge on any atom is -0.508 e. The highest BCUT2D eigenvalue weighted by Crippen LogP contribution is 2.23. The molecular formula is C22H25N3O2. The number of ether oxygens (including phenoxy) is 1. The molecule has 27 heavy (non-hydrogen) atoms. The minimum absolute atomic E-state index is 0.0831. The molecule has 3 aromatic carbocycles. The maximum Gasteiger partial charge on any atom is 0.191 e. The highest BCUT2D eigenvalue weighted by molar-refractivity contribution is 5.84. The van der Waals surface area contributed by atoms with E-state index in [2.05, 4.69) is 52.9 Å². The van der Waals surface area contributed by atoms with Gasteiger partial charge >= 0.3 is 0 Å². The number of aromatic hydroxyl groups is 1. The van der Waals surface area contributed by atoms with Crippen molar-refractivity contribution in [2.75, 3.05) is 14.2 Å². The third kappa shape index (κ3) is 4.50. The molecule has 0 saturated carbocycles. The van der Waals surface area contributed by atoms with Crippen molar-refractivity contribution < 1.29 is 9.84 Å². The SMILES string of the molecule is CN=C(NCc1cc(OC)ccc1O)NC(C)c1ccc2ccccc2c1. The predicted molar refractivity (Wildman–Crippen MR) is 110 cm³/mol. The van der Waals surface area contributed by atoms with E-state index in [9.17, 15) is 5.11 Å². The maximum absolute atomic E-state index is 10.0. The van der Waals surface area contributed by atoms with Gasteiger partial charge in [-0.1, -0.05) is 36.4 Å². The third-order valence-electron chi connectivity index (χ3n) is 4.58. The molecule has 0 radical (unpaired) electrons. The van der Waals surface area contributed by atoms with Gasteiger partial charge in [0.1, 0.15) is 11.5 Å². The van der Waals surface area contributed by atoms with Crippen LogP contribution in [-0.2, 0) is 6.54 Å². The van der Waals surface area contributed by atoms with Crippen LogP contribution in [0.4, 0.5) is 0 Å². The number of rotatable bonds is 5. The fourth-order valence-corrected chi connectivity index (χ4v) is 2.97. The summed E-state index contributed by atoms with van der Waals surface area (Å²) in [5.41, 5.74) is 1.93. The van der Waals surface area contributed by atoms with Crippen molar-refractivity contribution >= 4 is 16.7 Å². The van der Waals surface area contributed by atoms with E-state index in [4.69, 9.17) is 4.74 Å². The Bertz CT molecular complexity index is 953. The Morgan fingerprint density at radius 2 is 1.85 bits per heavy atom. The van der Waals surface area contributed by atoms with Crippen LogP contribution in [0.2, 0.25) is 0 Å². The second kappa shape index (κ2) is 8.45. The molecule has 140 valence electrons. The highest BCUT2D eigenvalue weighted by Gasteiger charge is 2.10. The van der Waals surface area contributed by atoms with Crippen LogP contribution in [0, 0.1) is 0 Å². The van der Waals surface area contributed by atoms with Crippen molar-refractivity contribution in [1.82, 2.24) is 10.6 Å². The fraction of sp³-hybridized carbons (Fsp3) is 0.227. The number of nitrogens with zero attached hydrogens (tertiary/aromatic N) is 1. The van der Waals surface area contributed by atoms with Gasteiger partial charge in [0.2, 0.25) is 0 Å². The van der Waals surface area contributed by atoms with Crippen LogP contribution < -0.4 is 15.4 Å². The number of phenolic OH excluding ortho intramolecular Hbond substituents is 1. The van der Waals surface area contributed by atoms with Gasteiger partial charge in [0.15, 0.2) is 5.96 Å². The second-order valence-corrected chi connectivity index (χ2v) is 6.39. The molecule has 5 nitrogen and oxygen atoms in total. The molecule has 3 aromatic rings. The molecule has 1 atom stereocenters. The van der Waals surface area contributed by atoms with Gasteiger partial charge < -0.3 is 20.5 Å². The third-order valence-corrected chi connectivity index (χ3v) is 4.58. The molecule has 0 aliphatic heterocycles. The number of hydrogen-bond acceptors (Lipinski definition) is 3. The zero-order valence-electron chi connectivity index (χ0n) is 15.9. The summed E-state index contributed by atoms with van der Waals surface area (Å²) in [6.45, 7) is 2.53.